The van der Waals surface area contributed by atoms with Crippen LogP contribution in [-0.2, 0) is 4.79 Å². The molecule has 2 aromatic rings. The molecule has 0 saturated heterocycles. The number of halogens is 1. The molecule has 0 aliphatic rings. The van der Waals surface area contributed by atoms with Crippen molar-refractivity contribution < 1.29 is 9.53 Å². The summed E-state index contributed by atoms with van der Waals surface area (Å²) in [5.41, 5.74) is 7.76. The maximum absolute atomic E-state index is 11.9. The van der Waals surface area contributed by atoms with Crippen molar-refractivity contribution in [2.75, 3.05) is 17.7 Å². The fourth-order valence-electron chi connectivity index (χ4n) is 1.86. The van der Waals surface area contributed by atoms with E-state index in [1.54, 1.807) is 48.6 Å². The van der Waals surface area contributed by atoms with Crippen molar-refractivity contribution in [2.24, 2.45) is 0 Å². The number of nitrogen functional groups attached to an aromatic ring is 1. The number of carbonyl (C=O) groups excluding carboxylic acids is 1. The van der Waals surface area contributed by atoms with Crippen LogP contribution < -0.4 is 15.8 Å². The lowest BCUT2D eigenvalue weighted by atomic mass is 10.1. The predicted molar refractivity (Wildman–Crippen MR) is 95.7 cm³/mol. The van der Waals surface area contributed by atoms with Gasteiger partial charge in [-0.2, -0.15) is 0 Å². The molecule has 4 nitrogen and oxygen atoms in total. The zero-order valence-electron chi connectivity index (χ0n) is 12.5. The van der Waals surface area contributed by atoms with E-state index in [0.29, 0.717) is 28.8 Å². The lowest BCUT2D eigenvalue weighted by molar-refractivity contribution is -0.111. The minimum Gasteiger partial charge on any atom is -0.487 e. The molecule has 0 heterocycles. The Morgan fingerprint density at radius 1 is 1.30 bits per heavy atom. The monoisotopic (exact) mass is 328 g/mol. The Bertz CT molecular complexity index is 742. The number of ether oxygens (including phenoxy) is 1. The first-order chi connectivity index (χ1) is 11.1. The lowest BCUT2D eigenvalue weighted by Gasteiger charge is -2.07. The molecule has 118 valence electrons. The van der Waals surface area contributed by atoms with Crippen LogP contribution in [-0.4, -0.2) is 12.5 Å². The molecule has 2 aromatic carbocycles. The van der Waals surface area contributed by atoms with Crippen LogP contribution >= 0.6 is 11.6 Å². The van der Waals surface area contributed by atoms with Crippen LogP contribution in [0.15, 0.2) is 61.2 Å². The smallest absolute Gasteiger partial charge is 0.248 e. The number of carbonyl (C=O) groups is 1. The summed E-state index contributed by atoms with van der Waals surface area (Å²) < 4.78 is 5.40. The first kappa shape index (κ1) is 16.6. The number of benzene rings is 2. The SMILES string of the molecule is C=CCOc1ccc(/C=C\C(=O)Nc2ccccc2Cl)cc1N. The normalized spacial score (nSPS) is 10.5. The average molecular weight is 329 g/mol. The molecule has 2 rings (SSSR count). The van der Waals surface area contributed by atoms with Gasteiger partial charge in [-0.1, -0.05) is 42.5 Å². The highest BCUT2D eigenvalue weighted by molar-refractivity contribution is 6.33. The van der Waals surface area contributed by atoms with E-state index in [0.717, 1.165) is 5.56 Å². The summed E-state index contributed by atoms with van der Waals surface area (Å²) in [4.78, 5) is 11.9. The van der Waals surface area contributed by atoms with Crippen LogP contribution in [0.5, 0.6) is 5.75 Å². The van der Waals surface area contributed by atoms with Gasteiger partial charge >= 0.3 is 0 Å². The van der Waals surface area contributed by atoms with Crippen molar-refractivity contribution in [1.82, 2.24) is 0 Å². The van der Waals surface area contributed by atoms with E-state index < -0.39 is 0 Å². The van der Waals surface area contributed by atoms with Crippen LogP contribution in [0.25, 0.3) is 6.08 Å². The van der Waals surface area contributed by atoms with Crippen molar-refractivity contribution in [3.8, 4) is 5.75 Å². The largest absolute Gasteiger partial charge is 0.487 e. The fraction of sp³-hybridized carbons (Fsp3) is 0.0556. The molecule has 0 aromatic heterocycles. The Balaban J connectivity index is 2.02. The molecule has 5 heteroatoms. The van der Waals surface area contributed by atoms with E-state index >= 15 is 0 Å². The quantitative estimate of drug-likeness (QED) is 0.476. The Hall–Kier alpha value is -2.72. The molecule has 0 saturated carbocycles. The van der Waals surface area contributed by atoms with Crippen LogP contribution in [0, 0.1) is 0 Å². The maximum Gasteiger partial charge on any atom is 0.248 e. The number of hydrogen-bond donors (Lipinski definition) is 2. The molecule has 0 radical (unpaired) electrons. The van der Waals surface area contributed by atoms with E-state index in [9.17, 15) is 4.79 Å². The van der Waals surface area contributed by atoms with E-state index in [1.165, 1.54) is 6.08 Å². The number of hydrogen-bond acceptors (Lipinski definition) is 3. The van der Waals surface area contributed by atoms with Gasteiger partial charge in [0.2, 0.25) is 5.91 Å². The molecule has 23 heavy (non-hydrogen) atoms. The van der Waals surface area contributed by atoms with Gasteiger partial charge in [0.15, 0.2) is 0 Å². The first-order valence-corrected chi connectivity index (χ1v) is 7.35. The van der Waals surface area contributed by atoms with Gasteiger partial charge < -0.3 is 15.8 Å². The fourth-order valence-corrected chi connectivity index (χ4v) is 2.04. The zero-order valence-corrected chi connectivity index (χ0v) is 13.2. The molecule has 3 N–H and O–H groups in total. The summed E-state index contributed by atoms with van der Waals surface area (Å²) in [6.07, 6.45) is 4.73. The first-order valence-electron chi connectivity index (χ1n) is 6.97. The number of nitrogens with one attached hydrogen (secondary N) is 1. The summed E-state index contributed by atoms with van der Waals surface area (Å²) in [6.45, 7) is 3.97. The minimum atomic E-state index is -0.274. The Kier molecular flexibility index (Phi) is 5.83. The highest BCUT2D eigenvalue weighted by Gasteiger charge is 2.03. The van der Waals surface area contributed by atoms with Crippen LogP contribution in [0.1, 0.15) is 5.56 Å². The molecule has 0 aliphatic heterocycles. The number of nitrogens with two attached hydrogens (primary N) is 1. The minimum absolute atomic E-state index is 0.274. The molecular formula is C18H17ClN2O2. The van der Waals surface area contributed by atoms with Crippen LogP contribution in [0.4, 0.5) is 11.4 Å². The van der Waals surface area contributed by atoms with Gasteiger partial charge in [0.1, 0.15) is 12.4 Å². The molecule has 0 bridgehead atoms. The summed E-state index contributed by atoms with van der Waals surface area (Å²) in [5.74, 6) is 0.311. The van der Waals surface area contributed by atoms with Gasteiger partial charge in [0.25, 0.3) is 0 Å². The highest BCUT2D eigenvalue weighted by Crippen LogP contribution is 2.23. The summed E-state index contributed by atoms with van der Waals surface area (Å²) in [7, 11) is 0. The van der Waals surface area contributed by atoms with Crippen molar-refractivity contribution in [3.05, 3.63) is 71.8 Å². The highest BCUT2D eigenvalue weighted by atomic mass is 35.5. The molecule has 0 fully saturated rings. The van der Waals surface area contributed by atoms with E-state index in [1.807, 2.05) is 6.07 Å². The molecular weight excluding hydrogens is 312 g/mol. The second-order valence-corrected chi connectivity index (χ2v) is 5.11. The summed E-state index contributed by atoms with van der Waals surface area (Å²) in [6, 6.07) is 12.3. The predicted octanol–water partition coefficient (Wildman–Crippen LogP) is 4.14. The van der Waals surface area contributed by atoms with E-state index in [-0.39, 0.29) is 5.91 Å². The Labute approximate surface area is 140 Å². The zero-order chi connectivity index (χ0) is 16.7. The van der Waals surface area contributed by atoms with Gasteiger partial charge in [0, 0.05) is 6.08 Å². The van der Waals surface area contributed by atoms with Crippen molar-refractivity contribution in [2.45, 2.75) is 0 Å². The Morgan fingerprint density at radius 2 is 2.09 bits per heavy atom. The molecule has 0 aliphatic carbocycles. The topological polar surface area (TPSA) is 64.3 Å². The van der Waals surface area contributed by atoms with Crippen molar-refractivity contribution in [1.29, 1.82) is 0 Å². The number of anilines is 2. The van der Waals surface area contributed by atoms with Crippen molar-refractivity contribution >= 4 is 35.0 Å². The van der Waals surface area contributed by atoms with Gasteiger partial charge in [-0.25, -0.2) is 0 Å². The van der Waals surface area contributed by atoms with E-state index in [4.69, 9.17) is 22.1 Å². The third-order valence-electron chi connectivity index (χ3n) is 2.95. The molecule has 0 unspecified atom stereocenters. The van der Waals surface area contributed by atoms with Crippen LogP contribution in [0.2, 0.25) is 5.02 Å². The summed E-state index contributed by atoms with van der Waals surface area (Å²) >= 11 is 5.99. The number of rotatable bonds is 6. The third-order valence-corrected chi connectivity index (χ3v) is 3.28. The number of para-hydroxylation sites is 1. The lowest BCUT2D eigenvalue weighted by Crippen LogP contribution is -2.07. The molecule has 0 spiro atoms. The van der Waals surface area contributed by atoms with Gasteiger partial charge in [-0.05, 0) is 35.9 Å². The van der Waals surface area contributed by atoms with E-state index in [2.05, 4.69) is 11.9 Å². The van der Waals surface area contributed by atoms with Crippen LogP contribution in [0.3, 0.4) is 0 Å². The second-order valence-electron chi connectivity index (χ2n) is 4.70. The summed E-state index contributed by atoms with van der Waals surface area (Å²) in [5, 5.41) is 3.20. The van der Waals surface area contributed by atoms with Gasteiger partial charge in [0.05, 0.1) is 16.4 Å². The third kappa shape index (κ3) is 4.90. The standard InChI is InChI=1S/C18H17ClN2O2/c1-2-11-23-17-9-7-13(12-15(17)20)8-10-18(22)21-16-6-4-3-5-14(16)19/h2-10,12H,1,11,20H2,(H,21,22)/b10-8-. The average Bonchev–Trinajstić information content (AvgIpc) is 2.54. The van der Waals surface area contributed by atoms with Gasteiger partial charge in [-0.3, -0.25) is 4.79 Å². The Morgan fingerprint density at radius 3 is 2.78 bits per heavy atom. The second kappa shape index (κ2) is 8.06. The molecule has 0 atom stereocenters. The number of amides is 1. The maximum atomic E-state index is 11.9. The molecule has 1 amide bonds. The van der Waals surface area contributed by atoms with Crippen molar-refractivity contribution in [3.63, 3.8) is 0 Å². The van der Waals surface area contributed by atoms with Gasteiger partial charge in [-0.15, -0.1) is 0 Å².